The largest absolute Gasteiger partial charge is 0.492 e. The highest BCUT2D eigenvalue weighted by Crippen LogP contribution is 2.33. The number of aliphatic hydroxyl groups excluding tert-OH is 1. The van der Waals surface area contributed by atoms with Crippen LogP contribution >= 0.6 is 0 Å². The molecular formula is C19H20FNO3. The van der Waals surface area contributed by atoms with Gasteiger partial charge in [0.25, 0.3) is 0 Å². The zero-order valence-corrected chi connectivity index (χ0v) is 13.4. The number of nitrogens with one attached hydrogen (secondary N) is 1. The Labute approximate surface area is 140 Å². The van der Waals surface area contributed by atoms with Crippen molar-refractivity contribution in [1.82, 2.24) is 5.32 Å². The smallest absolute Gasteiger partial charge is 0.231 e. The predicted molar refractivity (Wildman–Crippen MR) is 88.3 cm³/mol. The molecule has 126 valence electrons. The van der Waals surface area contributed by atoms with E-state index >= 15 is 0 Å². The van der Waals surface area contributed by atoms with E-state index in [1.54, 1.807) is 12.1 Å². The zero-order valence-electron chi connectivity index (χ0n) is 13.4. The maximum atomic E-state index is 12.9. The van der Waals surface area contributed by atoms with Crippen LogP contribution in [-0.4, -0.2) is 23.7 Å². The minimum absolute atomic E-state index is 0.112. The van der Waals surface area contributed by atoms with Crippen LogP contribution in [0.3, 0.4) is 0 Å². The number of amides is 1. The third-order valence-electron chi connectivity index (χ3n) is 4.24. The lowest BCUT2D eigenvalue weighted by Gasteiger charge is -2.20. The number of benzene rings is 2. The topological polar surface area (TPSA) is 58.6 Å². The van der Waals surface area contributed by atoms with Crippen LogP contribution in [0.15, 0.2) is 48.5 Å². The second kappa shape index (κ2) is 7.01. The fraction of sp³-hybridized carbons (Fsp3) is 0.316. The van der Waals surface area contributed by atoms with Crippen LogP contribution in [0.25, 0.3) is 0 Å². The summed E-state index contributed by atoms with van der Waals surface area (Å²) in [5, 5.41) is 13.1. The SMILES string of the molecule is CC(CC(O)c1ccc(F)cc1)NC(=O)C1COc2ccccc21. The highest BCUT2D eigenvalue weighted by Gasteiger charge is 2.30. The molecule has 0 fully saturated rings. The molecule has 24 heavy (non-hydrogen) atoms. The van der Waals surface area contributed by atoms with E-state index in [9.17, 15) is 14.3 Å². The Morgan fingerprint density at radius 2 is 2.00 bits per heavy atom. The van der Waals surface area contributed by atoms with E-state index in [2.05, 4.69) is 5.32 Å². The van der Waals surface area contributed by atoms with Crippen molar-refractivity contribution in [3.63, 3.8) is 0 Å². The van der Waals surface area contributed by atoms with Crippen LogP contribution in [0.4, 0.5) is 4.39 Å². The lowest BCUT2D eigenvalue weighted by molar-refractivity contribution is -0.123. The number of rotatable bonds is 5. The minimum Gasteiger partial charge on any atom is -0.492 e. The van der Waals surface area contributed by atoms with Gasteiger partial charge in [-0.05, 0) is 37.1 Å². The normalized spacial score (nSPS) is 18.4. The van der Waals surface area contributed by atoms with Crippen molar-refractivity contribution < 1.29 is 19.0 Å². The van der Waals surface area contributed by atoms with E-state index in [1.807, 2.05) is 31.2 Å². The van der Waals surface area contributed by atoms with Crippen LogP contribution in [0, 0.1) is 5.82 Å². The Bertz CT molecular complexity index is 717. The number of hydrogen-bond donors (Lipinski definition) is 2. The Hall–Kier alpha value is -2.40. The maximum absolute atomic E-state index is 12.9. The molecular weight excluding hydrogens is 309 g/mol. The van der Waals surface area contributed by atoms with Gasteiger partial charge in [0.2, 0.25) is 5.91 Å². The Morgan fingerprint density at radius 3 is 2.75 bits per heavy atom. The molecule has 1 heterocycles. The number of carbonyl (C=O) groups is 1. The van der Waals surface area contributed by atoms with Crippen LogP contribution in [-0.2, 0) is 4.79 Å². The number of hydrogen-bond acceptors (Lipinski definition) is 3. The molecule has 4 nitrogen and oxygen atoms in total. The lowest BCUT2D eigenvalue weighted by atomic mass is 9.99. The summed E-state index contributed by atoms with van der Waals surface area (Å²) in [6, 6.07) is 13.0. The first-order valence-corrected chi connectivity index (χ1v) is 8.00. The average Bonchev–Trinajstić information content (AvgIpc) is 2.99. The summed E-state index contributed by atoms with van der Waals surface area (Å²) >= 11 is 0. The van der Waals surface area contributed by atoms with Crippen molar-refractivity contribution >= 4 is 5.91 Å². The molecule has 3 rings (SSSR count). The minimum atomic E-state index is -0.756. The lowest BCUT2D eigenvalue weighted by Crippen LogP contribution is -2.37. The number of halogens is 1. The van der Waals surface area contributed by atoms with Gasteiger partial charge in [-0.15, -0.1) is 0 Å². The summed E-state index contributed by atoms with van der Waals surface area (Å²) in [4.78, 5) is 12.5. The van der Waals surface area contributed by atoms with E-state index in [0.29, 0.717) is 18.6 Å². The molecule has 0 radical (unpaired) electrons. The van der Waals surface area contributed by atoms with Gasteiger partial charge in [0.05, 0.1) is 6.10 Å². The molecule has 1 aliphatic rings. The zero-order chi connectivity index (χ0) is 17.1. The molecule has 2 N–H and O–H groups in total. The molecule has 0 saturated carbocycles. The number of para-hydroxylation sites is 1. The van der Waals surface area contributed by atoms with Crippen molar-refractivity contribution in [2.45, 2.75) is 31.4 Å². The van der Waals surface area contributed by atoms with E-state index in [1.165, 1.54) is 12.1 Å². The Kier molecular flexibility index (Phi) is 4.81. The van der Waals surface area contributed by atoms with Crippen LogP contribution in [0.1, 0.15) is 36.5 Å². The molecule has 0 aromatic heterocycles. The summed E-state index contributed by atoms with van der Waals surface area (Å²) in [7, 11) is 0. The monoisotopic (exact) mass is 329 g/mol. The van der Waals surface area contributed by atoms with Gasteiger partial charge >= 0.3 is 0 Å². The third-order valence-corrected chi connectivity index (χ3v) is 4.24. The van der Waals surface area contributed by atoms with Crippen molar-refractivity contribution in [3.8, 4) is 5.75 Å². The van der Waals surface area contributed by atoms with Crippen LogP contribution in [0.5, 0.6) is 5.75 Å². The van der Waals surface area contributed by atoms with Gasteiger partial charge in [0.15, 0.2) is 0 Å². The summed E-state index contributed by atoms with van der Waals surface area (Å²) in [5.41, 5.74) is 1.52. The van der Waals surface area contributed by atoms with Gasteiger partial charge in [-0.3, -0.25) is 4.79 Å². The fourth-order valence-electron chi connectivity index (χ4n) is 2.94. The average molecular weight is 329 g/mol. The first kappa shape index (κ1) is 16.5. The highest BCUT2D eigenvalue weighted by molar-refractivity contribution is 5.85. The molecule has 0 spiro atoms. The molecule has 1 aliphatic heterocycles. The number of carbonyl (C=O) groups excluding carboxylic acids is 1. The first-order chi connectivity index (χ1) is 11.5. The highest BCUT2D eigenvalue weighted by atomic mass is 19.1. The summed E-state index contributed by atoms with van der Waals surface area (Å²) in [6.07, 6.45) is -0.403. The predicted octanol–water partition coefficient (Wildman–Crippen LogP) is 2.93. The number of aliphatic hydroxyl groups is 1. The van der Waals surface area contributed by atoms with Gasteiger partial charge in [0, 0.05) is 11.6 Å². The Balaban J connectivity index is 1.58. The maximum Gasteiger partial charge on any atom is 0.231 e. The van der Waals surface area contributed by atoms with E-state index in [4.69, 9.17) is 4.74 Å². The molecule has 0 aliphatic carbocycles. The quantitative estimate of drug-likeness (QED) is 0.887. The first-order valence-electron chi connectivity index (χ1n) is 8.00. The molecule has 0 bridgehead atoms. The van der Waals surface area contributed by atoms with Crippen molar-refractivity contribution in [2.75, 3.05) is 6.61 Å². The van der Waals surface area contributed by atoms with E-state index in [0.717, 1.165) is 11.3 Å². The summed E-state index contributed by atoms with van der Waals surface area (Å²) in [5.74, 6) is -0.0331. The molecule has 1 amide bonds. The summed E-state index contributed by atoms with van der Waals surface area (Å²) < 4.78 is 18.5. The van der Waals surface area contributed by atoms with E-state index in [-0.39, 0.29) is 23.7 Å². The van der Waals surface area contributed by atoms with Gasteiger partial charge in [-0.2, -0.15) is 0 Å². The number of ether oxygens (including phenoxy) is 1. The van der Waals surface area contributed by atoms with Crippen molar-refractivity contribution in [1.29, 1.82) is 0 Å². The van der Waals surface area contributed by atoms with Gasteiger partial charge in [-0.25, -0.2) is 4.39 Å². The van der Waals surface area contributed by atoms with Crippen LogP contribution in [0.2, 0.25) is 0 Å². The number of fused-ring (bicyclic) bond motifs is 1. The summed E-state index contributed by atoms with van der Waals surface area (Å²) in [6.45, 7) is 2.17. The second-order valence-corrected chi connectivity index (χ2v) is 6.11. The Morgan fingerprint density at radius 1 is 1.29 bits per heavy atom. The van der Waals surface area contributed by atoms with Gasteiger partial charge in [0.1, 0.15) is 24.1 Å². The molecule has 5 heteroatoms. The fourth-order valence-corrected chi connectivity index (χ4v) is 2.94. The molecule has 2 aromatic carbocycles. The van der Waals surface area contributed by atoms with Gasteiger partial charge < -0.3 is 15.2 Å². The molecule has 3 unspecified atom stereocenters. The molecule has 2 aromatic rings. The third kappa shape index (κ3) is 3.57. The van der Waals surface area contributed by atoms with Gasteiger partial charge in [-0.1, -0.05) is 30.3 Å². The van der Waals surface area contributed by atoms with E-state index < -0.39 is 6.10 Å². The molecule has 3 atom stereocenters. The van der Waals surface area contributed by atoms with Crippen molar-refractivity contribution in [3.05, 3.63) is 65.5 Å². The molecule has 0 saturated heterocycles. The second-order valence-electron chi connectivity index (χ2n) is 6.11. The van der Waals surface area contributed by atoms with Crippen LogP contribution < -0.4 is 10.1 Å². The standard InChI is InChI=1S/C19H20FNO3/c1-12(10-17(22)13-6-8-14(20)9-7-13)21-19(23)16-11-24-18-5-3-2-4-15(16)18/h2-9,12,16-17,22H,10-11H2,1H3,(H,21,23). The van der Waals surface area contributed by atoms with Crippen molar-refractivity contribution in [2.24, 2.45) is 0 Å².